The molecule has 0 unspecified atom stereocenters. The Balaban J connectivity index is 2.02. The van der Waals surface area contributed by atoms with Crippen LogP contribution in [0.3, 0.4) is 0 Å². The van der Waals surface area contributed by atoms with E-state index in [0.717, 1.165) is 10.5 Å². The number of hydrogen-bond donors (Lipinski definition) is 2. The van der Waals surface area contributed by atoms with Crippen LogP contribution in [0.1, 0.15) is 19.4 Å². The second kappa shape index (κ2) is 9.58. The van der Waals surface area contributed by atoms with Crippen molar-refractivity contribution in [1.82, 2.24) is 10.0 Å². The third-order valence-corrected chi connectivity index (χ3v) is 5.98. The molecule has 152 valence electrons. The maximum absolute atomic E-state index is 13.2. The Labute approximate surface area is 171 Å². The van der Waals surface area contributed by atoms with E-state index in [0.29, 0.717) is 5.56 Å². The standard InChI is InChI=1S/C19H21BrF2N2O3S/c1-12(2)18(24-28(26,27)17-5-3-14(20)4-6-17)19(25)23-8-7-13-9-15(21)11-16(22)10-13/h3-6,9-12,18,24H,7-8H2,1-2H3,(H,23,25)/t18-/m0/s1. The van der Waals surface area contributed by atoms with Gasteiger partial charge in [0.05, 0.1) is 4.90 Å². The molecule has 0 aliphatic rings. The average molecular weight is 475 g/mol. The molecule has 0 saturated carbocycles. The van der Waals surface area contributed by atoms with Crippen LogP contribution < -0.4 is 10.0 Å². The van der Waals surface area contributed by atoms with E-state index >= 15 is 0 Å². The van der Waals surface area contributed by atoms with Gasteiger partial charge in [-0.15, -0.1) is 0 Å². The molecular formula is C19H21BrF2N2O3S. The molecule has 0 radical (unpaired) electrons. The SMILES string of the molecule is CC(C)[C@H](NS(=O)(=O)c1ccc(Br)cc1)C(=O)NCCc1cc(F)cc(F)c1. The minimum Gasteiger partial charge on any atom is -0.354 e. The van der Waals surface area contributed by atoms with Gasteiger partial charge in [0, 0.05) is 17.1 Å². The Kier molecular flexibility index (Phi) is 7.68. The number of nitrogens with one attached hydrogen (secondary N) is 2. The summed E-state index contributed by atoms with van der Waals surface area (Å²) in [5.74, 6) is -2.20. The molecule has 2 N–H and O–H groups in total. The van der Waals surface area contributed by atoms with Crippen LogP contribution in [0.25, 0.3) is 0 Å². The summed E-state index contributed by atoms with van der Waals surface area (Å²) in [4.78, 5) is 12.5. The second-order valence-corrected chi connectivity index (χ2v) is 9.25. The summed E-state index contributed by atoms with van der Waals surface area (Å²) >= 11 is 3.24. The van der Waals surface area contributed by atoms with Gasteiger partial charge in [-0.2, -0.15) is 4.72 Å². The van der Waals surface area contributed by atoms with Crippen molar-refractivity contribution in [3.63, 3.8) is 0 Å². The molecule has 2 aromatic carbocycles. The molecule has 1 amide bonds. The van der Waals surface area contributed by atoms with Crippen LogP contribution in [0.4, 0.5) is 8.78 Å². The number of sulfonamides is 1. The average Bonchev–Trinajstić information content (AvgIpc) is 2.59. The van der Waals surface area contributed by atoms with E-state index in [2.05, 4.69) is 26.0 Å². The van der Waals surface area contributed by atoms with Gasteiger partial charge in [0.15, 0.2) is 0 Å². The molecule has 0 aliphatic heterocycles. The summed E-state index contributed by atoms with van der Waals surface area (Å²) < 4.78 is 54.7. The van der Waals surface area contributed by atoms with Gasteiger partial charge in [0.2, 0.25) is 15.9 Å². The summed E-state index contributed by atoms with van der Waals surface area (Å²) in [6.45, 7) is 3.55. The summed E-state index contributed by atoms with van der Waals surface area (Å²) in [6.07, 6.45) is 0.213. The molecule has 2 aromatic rings. The third kappa shape index (κ3) is 6.35. The van der Waals surface area contributed by atoms with Gasteiger partial charge in [-0.05, 0) is 54.3 Å². The van der Waals surface area contributed by atoms with Crippen molar-refractivity contribution in [3.8, 4) is 0 Å². The van der Waals surface area contributed by atoms with Crippen LogP contribution in [0.15, 0.2) is 51.8 Å². The van der Waals surface area contributed by atoms with Gasteiger partial charge in [-0.25, -0.2) is 17.2 Å². The lowest BCUT2D eigenvalue weighted by Crippen LogP contribution is -2.49. The molecule has 0 saturated heterocycles. The quantitative estimate of drug-likeness (QED) is 0.615. The van der Waals surface area contributed by atoms with E-state index in [1.54, 1.807) is 26.0 Å². The van der Waals surface area contributed by atoms with Gasteiger partial charge in [0.1, 0.15) is 17.7 Å². The second-order valence-electron chi connectivity index (χ2n) is 6.62. The van der Waals surface area contributed by atoms with Crippen LogP contribution >= 0.6 is 15.9 Å². The molecule has 0 fully saturated rings. The van der Waals surface area contributed by atoms with Crippen molar-refractivity contribution in [2.45, 2.75) is 31.2 Å². The Morgan fingerprint density at radius 2 is 1.64 bits per heavy atom. The largest absolute Gasteiger partial charge is 0.354 e. The summed E-state index contributed by atoms with van der Waals surface area (Å²) in [6, 6.07) is 8.21. The van der Waals surface area contributed by atoms with Crippen LogP contribution in [-0.2, 0) is 21.2 Å². The number of benzene rings is 2. The molecule has 0 heterocycles. The maximum atomic E-state index is 13.2. The molecule has 0 bridgehead atoms. The van der Waals surface area contributed by atoms with Crippen LogP contribution in [0, 0.1) is 17.6 Å². The minimum absolute atomic E-state index is 0.0457. The predicted octanol–water partition coefficient (Wildman–Crippen LogP) is 3.39. The highest BCUT2D eigenvalue weighted by molar-refractivity contribution is 9.10. The number of hydrogen-bond acceptors (Lipinski definition) is 3. The zero-order chi connectivity index (χ0) is 20.9. The summed E-state index contributed by atoms with van der Waals surface area (Å²) in [7, 11) is -3.89. The first kappa shape index (κ1) is 22.4. The number of halogens is 3. The lowest BCUT2D eigenvalue weighted by Gasteiger charge is -2.21. The molecule has 9 heteroatoms. The van der Waals surface area contributed by atoms with Crippen LogP contribution in [-0.4, -0.2) is 26.9 Å². The zero-order valence-corrected chi connectivity index (χ0v) is 17.8. The Morgan fingerprint density at radius 3 is 2.18 bits per heavy atom. The topological polar surface area (TPSA) is 75.3 Å². The first-order valence-corrected chi connectivity index (χ1v) is 10.9. The molecular weight excluding hydrogens is 454 g/mol. The van der Waals surface area contributed by atoms with Crippen molar-refractivity contribution < 1.29 is 22.0 Å². The van der Waals surface area contributed by atoms with E-state index in [1.807, 2.05) is 0 Å². The molecule has 2 rings (SSSR count). The Hall–Kier alpha value is -1.84. The van der Waals surface area contributed by atoms with Gasteiger partial charge in [0.25, 0.3) is 0 Å². The van der Waals surface area contributed by atoms with Gasteiger partial charge in [-0.3, -0.25) is 4.79 Å². The van der Waals surface area contributed by atoms with Crippen molar-refractivity contribution in [2.75, 3.05) is 6.54 Å². The number of carbonyl (C=O) groups is 1. The van der Waals surface area contributed by atoms with Crippen molar-refractivity contribution >= 4 is 31.9 Å². The van der Waals surface area contributed by atoms with E-state index in [1.165, 1.54) is 24.3 Å². The highest BCUT2D eigenvalue weighted by atomic mass is 79.9. The molecule has 5 nitrogen and oxygen atoms in total. The van der Waals surface area contributed by atoms with Crippen LogP contribution in [0.2, 0.25) is 0 Å². The lowest BCUT2D eigenvalue weighted by atomic mass is 10.0. The fourth-order valence-electron chi connectivity index (χ4n) is 2.54. The maximum Gasteiger partial charge on any atom is 0.241 e. The summed E-state index contributed by atoms with van der Waals surface area (Å²) in [5, 5.41) is 2.62. The lowest BCUT2D eigenvalue weighted by molar-refractivity contribution is -0.123. The van der Waals surface area contributed by atoms with E-state index in [-0.39, 0.29) is 23.8 Å². The molecule has 0 spiro atoms. The van der Waals surface area contributed by atoms with Crippen molar-refractivity contribution in [2.24, 2.45) is 5.92 Å². The zero-order valence-electron chi connectivity index (χ0n) is 15.4. The van der Waals surface area contributed by atoms with Crippen molar-refractivity contribution in [1.29, 1.82) is 0 Å². The fraction of sp³-hybridized carbons (Fsp3) is 0.316. The van der Waals surface area contributed by atoms with E-state index in [4.69, 9.17) is 0 Å². The van der Waals surface area contributed by atoms with Crippen molar-refractivity contribution in [3.05, 3.63) is 64.1 Å². The third-order valence-electron chi connectivity index (χ3n) is 3.99. The van der Waals surface area contributed by atoms with Gasteiger partial charge in [-0.1, -0.05) is 29.8 Å². The van der Waals surface area contributed by atoms with E-state index < -0.39 is 33.6 Å². The Morgan fingerprint density at radius 1 is 1.07 bits per heavy atom. The highest BCUT2D eigenvalue weighted by Gasteiger charge is 2.28. The normalized spacial score (nSPS) is 12.8. The minimum atomic E-state index is -3.89. The Bertz CT molecular complexity index is 914. The smallest absolute Gasteiger partial charge is 0.241 e. The number of carbonyl (C=O) groups excluding carboxylic acids is 1. The van der Waals surface area contributed by atoms with Crippen LogP contribution in [0.5, 0.6) is 0 Å². The van der Waals surface area contributed by atoms with Gasteiger partial charge < -0.3 is 5.32 Å². The molecule has 0 aromatic heterocycles. The summed E-state index contributed by atoms with van der Waals surface area (Å²) in [5.41, 5.74) is 0.398. The fourth-order valence-corrected chi connectivity index (χ4v) is 4.14. The molecule has 0 aliphatic carbocycles. The van der Waals surface area contributed by atoms with Gasteiger partial charge >= 0.3 is 0 Å². The number of rotatable bonds is 8. The molecule has 28 heavy (non-hydrogen) atoms. The first-order chi connectivity index (χ1) is 13.1. The molecule has 1 atom stereocenters. The first-order valence-electron chi connectivity index (χ1n) is 8.59. The number of amides is 1. The predicted molar refractivity (Wildman–Crippen MR) is 106 cm³/mol. The highest BCUT2D eigenvalue weighted by Crippen LogP contribution is 2.16. The monoisotopic (exact) mass is 474 g/mol. The van der Waals surface area contributed by atoms with E-state index in [9.17, 15) is 22.0 Å².